The van der Waals surface area contributed by atoms with Crippen molar-refractivity contribution in [1.29, 1.82) is 0 Å². The lowest BCUT2D eigenvalue weighted by molar-refractivity contribution is -0.139. The zero-order chi connectivity index (χ0) is 13.8. The minimum Gasteiger partial charge on any atom is -0.508 e. The Kier molecular flexibility index (Phi) is 4.55. The minimum atomic E-state index is -3.80. The van der Waals surface area contributed by atoms with Gasteiger partial charge in [0, 0.05) is 0 Å². The molecule has 0 radical (unpaired) electrons. The molecule has 1 rings (SSSR count). The summed E-state index contributed by atoms with van der Waals surface area (Å²) in [5, 5.41) is 9.20. The van der Waals surface area contributed by atoms with E-state index in [2.05, 4.69) is 9.46 Å². The van der Waals surface area contributed by atoms with E-state index < -0.39 is 21.7 Å². The zero-order valence-electron chi connectivity index (χ0n) is 10.1. The van der Waals surface area contributed by atoms with Gasteiger partial charge in [-0.25, -0.2) is 8.42 Å². The predicted molar refractivity (Wildman–Crippen MR) is 66.9 cm³/mol. The summed E-state index contributed by atoms with van der Waals surface area (Å²) in [5.41, 5.74) is 0.875. The summed E-state index contributed by atoms with van der Waals surface area (Å²) in [6.45, 7) is 3.37. The number of hydrogen-bond donors (Lipinski definition) is 2. The number of rotatable bonds is 5. The molecule has 0 unspecified atom stereocenters. The fourth-order valence-corrected chi connectivity index (χ4v) is 2.35. The van der Waals surface area contributed by atoms with Gasteiger partial charge in [0.2, 0.25) is 10.0 Å². The van der Waals surface area contributed by atoms with Crippen molar-refractivity contribution < 1.29 is 23.1 Å². The van der Waals surface area contributed by atoms with E-state index in [1.807, 2.05) is 0 Å². The first-order valence-corrected chi connectivity index (χ1v) is 6.95. The summed E-state index contributed by atoms with van der Waals surface area (Å²) in [6, 6.07) is 4.20. The molecular formula is C11H15NO5S. The lowest BCUT2D eigenvalue weighted by Gasteiger charge is -2.10. The largest absolute Gasteiger partial charge is 0.508 e. The fourth-order valence-electron chi connectivity index (χ4n) is 1.32. The molecule has 1 aromatic carbocycles. The average Bonchev–Trinajstić information content (AvgIpc) is 2.21. The van der Waals surface area contributed by atoms with Crippen LogP contribution in [0.25, 0.3) is 0 Å². The molecule has 0 heterocycles. The molecule has 0 aliphatic carbocycles. The van der Waals surface area contributed by atoms with E-state index in [9.17, 15) is 18.3 Å². The van der Waals surface area contributed by atoms with Gasteiger partial charge in [0.1, 0.15) is 5.75 Å². The molecule has 18 heavy (non-hydrogen) atoms. The number of anilines is 1. The maximum absolute atomic E-state index is 11.6. The van der Waals surface area contributed by atoms with Crippen molar-refractivity contribution in [3.05, 3.63) is 23.8 Å². The van der Waals surface area contributed by atoms with Crippen LogP contribution < -0.4 is 4.72 Å². The SMILES string of the molecule is CCOC(=O)CS(=O)(=O)Nc1ccc(O)cc1C. The smallest absolute Gasteiger partial charge is 0.323 e. The van der Waals surface area contributed by atoms with Crippen molar-refractivity contribution in [1.82, 2.24) is 0 Å². The Morgan fingerprint density at radius 1 is 1.44 bits per heavy atom. The minimum absolute atomic E-state index is 0.0424. The van der Waals surface area contributed by atoms with Gasteiger partial charge >= 0.3 is 5.97 Å². The van der Waals surface area contributed by atoms with Crippen LogP contribution in [0.1, 0.15) is 12.5 Å². The summed E-state index contributed by atoms with van der Waals surface area (Å²) in [6.07, 6.45) is 0. The fraction of sp³-hybridized carbons (Fsp3) is 0.364. The number of aromatic hydroxyl groups is 1. The van der Waals surface area contributed by atoms with Crippen molar-refractivity contribution in [3.63, 3.8) is 0 Å². The van der Waals surface area contributed by atoms with Crippen molar-refractivity contribution >= 4 is 21.7 Å². The van der Waals surface area contributed by atoms with Gasteiger partial charge in [-0.15, -0.1) is 0 Å². The molecule has 1 aromatic rings. The van der Waals surface area contributed by atoms with Crippen LogP contribution in [0.4, 0.5) is 5.69 Å². The van der Waals surface area contributed by atoms with Gasteiger partial charge in [-0.3, -0.25) is 9.52 Å². The van der Waals surface area contributed by atoms with Gasteiger partial charge in [0.15, 0.2) is 5.75 Å². The van der Waals surface area contributed by atoms with E-state index in [1.54, 1.807) is 13.8 Å². The van der Waals surface area contributed by atoms with E-state index in [0.29, 0.717) is 11.3 Å². The van der Waals surface area contributed by atoms with Gasteiger partial charge in [0.25, 0.3) is 0 Å². The number of carbonyl (C=O) groups excluding carboxylic acids is 1. The molecule has 7 heteroatoms. The first-order valence-electron chi connectivity index (χ1n) is 5.30. The molecule has 0 aromatic heterocycles. The second-order valence-electron chi connectivity index (χ2n) is 3.67. The standard InChI is InChI=1S/C11H15NO5S/c1-3-17-11(14)7-18(15,16)12-10-5-4-9(13)6-8(10)2/h4-6,12-13H,3,7H2,1-2H3. The third-order valence-electron chi connectivity index (χ3n) is 2.09. The molecule has 6 nitrogen and oxygen atoms in total. The summed E-state index contributed by atoms with van der Waals surface area (Å²) < 4.78 is 30.1. The Bertz CT molecular complexity index is 538. The molecule has 0 aliphatic heterocycles. The lowest BCUT2D eigenvalue weighted by atomic mass is 10.2. The predicted octanol–water partition coefficient (Wildman–Crippen LogP) is 1.01. The number of phenols is 1. The number of hydrogen-bond acceptors (Lipinski definition) is 5. The Hall–Kier alpha value is -1.76. The quantitative estimate of drug-likeness (QED) is 0.617. The highest BCUT2D eigenvalue weighted by Crippen LogP contribution is 2.21. The van der Waals surface area contributed by atoms with Crippen LogP contribution in [0.3, 0.4) is 0 Å². The molecular weight excluding hydrogens is 258 g/mol. The van der Waals surface area contributed by atoms with Crippen LogP contribution in [0, 0.1) is 6.92 Å². The highest BCUT2D eigenvalue weighted by molar-refractivity contribution is 7.93. The Morgan fingerprint density at radius 2 is 2.11 bits per heavy atom. The van der Waals surface area contributed by atoms with Crippen molar-refractivity contribution in [2.45, 2.75) is 13.8 Å². The first-order chi connectivity index (χ1) is 8.34. The van der Waals surface area contributed by atoms with Crippen LogP contribution >= 0.6 is 0 Å². The van der Waals surface area contributed by atoms with Gasteiger partial charge in [-0.1, -0.05) is 0 Å². The van der Waals surface area contributed by atoms with Crippen molar-refractivity contribution in [2.75, 3.05) is 17.1 Å². The third-order valence-corrected chi connectivity index (χ3v) is 3.24. The van der Waals surface area contributed by atoms with Gasteiger partial charge in [-0.2, -0.15) is 0 Å². The second kappa shape index (κ2) is 5.72. The number of esters is 1. The van der Waals surface area contributed by atoms with Crippen molar-refractivity contribution in [3.8, 4) is 5.75 Å². The number of benzene rings is 1. The van der Waals surface area contributed by atoms with Crippen LogP contribution in [0.5, 0.6) is 5.75 Å². The van der Waals surface area contributed by atoms with E-state index in [1.165, 1.54) is 18.2 Å². The summed E-state index contributed by atoms with van der Waals surface area (Å²) in [4.78, 5) is 11.1. The molecule has 0 bridgehead atoms. The Labute approximate surface area is 106 Å². The van der Waals surface area contributed by atoms with E-state index >= 15 is 0 Å². The normalized spacial score (nSPS) is 11.0. The highest BCUT2D eigenvalue weighted by Gasteiger charge is 2.18. The Balaban J connectivity index is 2.79. The lowest BCUT2D eigenvalue weighted by Crippen LogP contribution is -2.24. The molecule has 100 valence electrons. The molecule has 0 aliphatic rings. The van der Waals surface area contributed by atoms with E-state index in [-0.39, 0.29) is 12.4 Å². The molecule has 0 spiro atoms. The topological polar surface area (TPSA) is 92.7 Å². The molecule has 0 saturated heterocycles. The summed E-state index contributed by atoms with van der Waals surface area (Å²) >= 11 is 0. The van der Waals surface area contributed by atoms with Gasteiger partial charge in [-0.05, 0) is 37.6 Å². The van der Waals surface area contributed by atoms with Crippen molar-refractivity contribution in [2.24, 2.45) is 0 Å². The van der Waals surface area contributed by atoms with Crippen LogP contribution in [-0.2, 0) is 19.6 Å². The number of nitrogens with one attached hydrogen (secondary N) is 1. The highest BCUT2D eigenvalue weighted by atomic mass is 32.2. The third kappa shape index (κ3) is 4.25. The molecule has 0 amide bonds. The van der Waals surface area contributed by atoms with Gasteiger partial charge in [0.05, 0.1) is 12.3 Å². The van der Waals surface area contributed by atoms with Gasteiger partial charge < -0.3 is 9.84 Å². The van der Waals surface area contributed by atoms with Crippen LogP contribution in [0.15, 0.2) is 18.2 Å². The monoisotopic (exact) mass is 273 g/mol. The number of sulfonamides is 1. The number of ether oxygens (including phenoxy) is 1. The summed E-state index contributed by atoms with van der Waals surface area (Å²) in [5.74, 6) is -1.50. The first kappa shape index (κ1) is 14.3. The molecule has 2 N–H and O–H groups in total. The maximum Gasteiger partial charge on any atom is 0.323 e. The number of phenolic OH excluding ortho intramolecular Hbond substituents is 1. The number of carbonyl (C=O) groups is 1. The molecule has 0 fully saturated rings. The molecule has 0 saturated carbocycles. The van der Waals surface area contributed by atoms with Crippen LogP contribution in [0.2, 0.25) is 0 Å². The maximum atomic E-state index is 11.6. The zero-order valence-corrected chi connectivity index (χ0v) is 11.0. The van der Waals surface area contributed by atoms with E-state index in [0.717, 1.165) is 0 Å². The summed E-state index contributed by atoms with van der Waals surface area (Å²) in [7, 11) is -3.80. The average molecular weight is 273 g/mol. The second-order valence-corrected chi connectivity index (χ2v) is 5.39. The molecule has 0 atom stereocenters. The number of aryl methyl sites for hydroxylation is 1. The van der Waals surface area contributed by atoms with E-state index in [4.69, 9.17) is 0 Å². The van der Waals surface area contributed by atoms with Crippen LogP contribution in [-0.4, -0.2) is 31.9 Å². The Morgan fingerprint density at radius 3 is 2.67 bits per heavy atom.